The molecule has 1 radical (unpaired) electrons. The molecule has 0 fully saturated rings. The summed E-state index contributed by atoms with van der Waals surface area (Å²) in [6.45, 7) is 8.44. The second-order valence-electron chi connectivity index (χ2n) is 6.93. The Kier molecular flexibility index (Phi) is 27.2. The number of hydrogen-bond acceptors (Lipinski definition) is 6. The van der Waals surface area contributed by atoms with Crippen molar-refractivity contribution in [1.82, 2.24) is 5.32 Å². The van der Waals surface area contributed by atoms with Gasteiger partial charge in [0.2, 0.25) is 5.91 Å². The van der Waals surface area contributed by atoms with Crippen molar-refractivity contribution < 1.29 is 51.9 Å². The van der Waals surface area contributed by atoms with E-state index in [4.69, 9.17) is 11.5 Å². The van der Waals surface area contributed by atoms with E-state index in [0.717, 1.165) is 51.2 Å². The maximum atomic E-state index is 11.4. The van der Waals surface area contributed by atoms with Gasteiger partial charge in [-0.05, 0) is 45.6 Å². The molecule has 0 saturated carbocycles. The van der Waals surface area contributed by atoms with Crippen LogP contribution in [0.1, 0.15) is 78.1 Å². The SMILES string of the molecule is NCCCC[C@@H](N)C=O.[CH2-]CC(=O)CCC(=O)NCCCCC(CC)C(C)=O.[Y]. The first-order valence-corrected chi connectivity index (χ1v) is 10.3. The third kappa shape index (κ3) is 23.6. The third-order valence-corrected chi connectivity index (χ3v) is 4.45. The van der Waals surface area contributed by atoms with Crippen molar-refractivity contribution in [3.8, 4) is 0 Å². The topological polar surface area (TPSA) is 132 Å². The van der Waals surface area contributed by atoms with Gasteiger partial charge in [-0.1, -0.05) is 19.8 Å². The minimum Gasteiger partial charge on any atom is -0.356 e. The van der Waals surface area contributed by atoms with Crippen molar-refractivity contribution in [2.45, 2.75) is 84.1 Å². The van der Waals surface area contributed by atoms with Crippen LogP contribution in [-0.4, -0.2) is 42.9 Å². The first kappa shape index (κ1) is 33.1. The largest absolute Gasteiger partial charge is 0.356 e. The van der Waals surface area contributed by atoms with E-state index in [2.05, 4.69) is 12.2 Å². The molecule has 0 aromatic rings. The van der Waals surface area contributed by atoms with Crippen LogP contribution in [0, 0.1) is 12.8 Å². The van der Waals surface area contributed by atoms with Crippen molar-refractivity contribution in [3.05, 3.63) is 6.92 Å². The second kappa shape index (κ2) is 23.8. The molecule has 5 N–H and O–H groups in total. The van der Waals surface area contributed by atoms with Crippen LogP contribution in [0.5, 0.6) is 0 Å². The Hall–Kier alpha value is -0.496. The molecule has 7 nitrogen and oxygen atoms in total. The van der Waals surface area contributed by atoms with Gasteiger partial charge in [-0.3, -0.25) is 9.59 Å². The molecule has 0 aromatic carbocycles. The Morgan fingerprint density at radius 3 is 2.17 bits per heavy atom. The number of Topliss-reactive ketones (excluding diaryl/α,β-unsaturated/α-hetero) is 2. The van der Waals surface area contributed by atoms with E-state index >= 15 is 0 Å². The maximum absolute atomic E-state index is 11.4. The number of carbonyl (C=O) groups is 4. The summed E-state index contributed by atoms with van der Waals surface area (Å²) in [4.78, 5) is 43.5. The first-order valence-electron chi connectivity index (χ1n) is 10.3. The fourth-order valence-corrected chi connectivity index (χ4v) is 2.50. The molecule has 0 aromatic heterocycles. The molecule has 8 heteroatoms. The summed E-state index contributed by atoms with van der Waals surface area (Å²) in [5.74, 6) is 0.339. The first-order chi connectivity index (χ1) is 13.3. The second-order valence-corrected chi connectivity index (χ2v) is 6.93. The van der Waals surface area contributed by atoms with Crippen LogP contribution in [-0.2, 0) is 51.9 Å². The molecule has 0 bridgehead atoms. The van der Waals surface area contributed by atoms with Gasteiger partial charge in [0, 0.05) is 58.0 Å². The van der Waals surface area contributed by atoms with Crippen LogP contribution < -0.4 is 16.8 Å². The summed E-state index contributed by atoms with van der Waals surface area (Å²) < 4.78 is 0. The van der Waals surface area contributed by atoms with Crippen molar-refractivity contribution in [3.63, 3.8) is 0 Å². The number of rotatable bonds is 16. The Labute approximate surface area is 201 Å². The quantitative estimate of drug-likeness (QED) is 0.174. The molecular weight excluding hydrogens is 447 g/mol. The number of nitrogens with one attached hydrogen (secondary N) is 1. The number of hydrogen-bond donors (Lipinski definition) is 3. The van der Waals surface area contributed by atoms with Gasteiger partial charge in [0.1, 0.15) is 17.9 Å². The van der Waals surface area contributed by atoms with Crippen LogP contribution in [0.3, 0.4) is 0 Å². The van der Waals surface area contributed by atoms with E-state index in [1.165, 1.54) is 0 Å². The summed E-state index contributed by atoms with van der Waals surface area (Å²) in [6, 6.07) is -0.281. The number of amides is 1. The molecule has 1 unspecified atom stereocenters. The van der Waals surface area contributed by atoms with Crippen LogP contribution in [0.2, 0.25) is 0 Å². The van der Waals surface area contributed by atoms with Crippen LogP contribution in [0.4, 0.5) is 0 Å². The monoisotopic (exact) mass is 487 g/mol. The number of ketones is 2. The summed E-state index contributed by atoms with van der Waals surface area (Å²) in [6.07, 6.45) is 7.81. The smallest absolute Gasteiger partial charge is 0.220 e. The van der Waals surface area contributed by atoms with Gasteiger partial charge in [-0.2, -0.15) is 0 Å². The normalized spacial score (nSPS) is 11.9. The molecule has 0 aliphatic carbocycles. The average molecular weight is 487 g/mol. The molecular formula is C21H40N3O4Y-. The van der Waals surface area contributed by atoms with Crippen molar-refractivity contribution in [2.75, 3.05) is 13.1 Å². The van der Waals surface area contributed by atoms with Gasteiger partial charge in [-0.25, -0.2) is 0 Å². The number of unbranched alkanes of at least 4 members (excludes halogenated alkanes) is 2. The Morgan fingerprint density at radius 2 is 1.69 bits per heavy atom. The van der Waals surface area contributed by atoms with E-state index in [9.17, 15) is 19.2 Å². The molecule has 1 amide bonds. The van der Waals surface area contributed by atoms with Crippen molar-refractivity contribution in [1.29, 1.82) is 0 Å². The minimum atomic E-state index is -0.281. The van der Waals surface area contributed by atoms with E-state index in [1.54, 1.807) is 6.92 Å². The number of nitrogens with two attached hydrogens (primary N) is 2. The summed E-state index contributed by atoms with van der Waals surface area (Å²) >= 11 is 0. The van der Waals surface area contributed by atoms with Crippen LogP contribution in [0.15, 0.2) is 0 Å². The molecule has 0 saturated heterocycles. The standard InChI is InChI=1S/C15H26NO3.C6H14N2O.Y/c1-4-13(12(3)17)8-6-7-11-16-15(19)10-9-14(18)5-2;7-4-2-1-3-6(8)5-9;/h13H,2,4-11H2,1,3H3,(H,16,19);5-6H,1-4,7-8H2;/q-1;;/t;6-;/m.1./s1. The number of aldehydes is 1. The molecule has 0 aliphatic rings. The van der Waals surface area contributed by atoms with Crippen LogP contribution >= 0.6 is 0 Å². The van der Waals surface area contributed by atoms with E-state index in [1.807, 2.05) is 6.92 Å². The minimum absolute atomic E-state index is 0. The predicted molar refractivity (Wildman–Crippen MR) is 112 cm³/mol. The third-order valence-electron chi connectivity index (χ3n) is 4.45. The Morgan fingerprint density at radius 1 is 1.07 bits per heavy atom. The van der Waals surface area contributed by atoms with Crippen molar-refractivity contribution >= 4 is 23.8 Å². The van der Waals surface area contributed by atoms with Gasteiger partial charge in [-0.15, -0.1) is 6.42 Å². The summed E-state index contributed by atoms with van der Waals surface area (Å²) in [7, 11) is 0. The molecule has 2 atom stereocenters. The predicted octanol–water partition coefficient (Wildman–Crippen LogP) is 2.10. The van der Waals surface area contributed by atoms with Gasteiger partial charge >= 0.3 is 0 Å². The van der Waals surface area contributed by atoms with E-state index in [-0.39, 0.29) is 81.4 Å². The maximum Gasteiger partial charge on any atom is 0.220 e. The van der Waals surface area contributed by atoms with Gasteiger partial charge in [0.25, 0.3) is 0 Å². The Balaban J connectivity index is -0.000000572. The zero-order chi connectivity index (χ0) is 21.8. The fraction of sp³-hybridized carbons (Fsp3) is 0.762. The molecule has 167 valence electrons. The molecule has 0 spiro atoms. The number of carbonyl (C=O) groups excluding carboxylic acids is 4. The summed E-state index contributed by atoms with van der Waals surface area (Å²) in [5, 5.41) is 2.79. The zero-order valence-electron chi connectivity index (χ0n) is 18.3. The molecule has 0 aliphatic heterocycles. The molecule has 29 heavy (non-hydrogen) atoms. The zero-order valence-corrected chi connectivity index (χ0v) is 21.1. The van der Waals surface area contributed by atoms with Gasteiger partial charge in [0.15, 0.2) is 0 Å². The fourth-order valence-electron chi connectivity index (χ4n) is 2.50. The van der Waals surface area contributed by atoms with E-state index in [0.29, 0.717) is 13.1 Å². The average Bonchev–Trinajstić information content (AvgIpc) is 2.68. The van der Waals surface area contributed by atoms with E-state index < -0.39 is 0 Å². The van der Waals surface area contributed by atoms with Gasteiger partial charge < -0.3 is 33.3 Å². The van der Waals surface area contributed by atoms with Gasteiger partial charge in [0.05, 0.1) is 6.04 Å². The van der Waals surface area contributed by atoms with Crippen molar-refractivity contribution in [2.24, 2.45) is 17.4 Å². The van der Waals surface area contributed by atoms with Crippen LogP contribution in [0.25, 0.3) is 0 Å². The Bertz CT molecular complexity index is 448. The molecule has 0 heterocycles. The molecule has 0 rings (SSSR count). The summed E-state index contributed by atoms with van der Waals surface area (Å²) in [5.41, 5.74) is 10.5.